The van der Waals surface area contributed by atoms with Crippen molar-refractivity contribution in [1.29, 1.82) is 0 Å². The molecule has 3 nitrogen and oxygen atoms in total. The minimum absolute atomic E-state index is 0.133. The molecule has 1 aliphatic rings. The second-order valence-corrected chi connectivity index (χ2v) is 6.69. The fourth-order valence-corrected chi connectivity index (χ4v) is 2.83. The van der Waals surface area contributed by atoms with Crippen molar-refractivity contribution < 1.29 is 8.42 Å². The second-order valence-electron chi connectivity index (χ2n) is 4.41. The van der Waals surface area contributed by atoms with Gasteiger partial charge in [0.1, 0.15) is 0 Å². The van der Waals surface area contributed by atoms with Gasteiger partial charge in [-0.3, -0.25) is 0 Å². The van der Waals surface area contributed by atoms with Crippen molar-refractivity contribution in [2.45, 2.75) is 30.1 Å². The molecular weight excluding hydrogens is 222 g/mol. The number of rotatable bonds is 4. The van der Waals surface area contributed by atoms with Crippen molar-refractivity contribution in [2.75, 3.05) is 12.3 Å². The molecule has 2 rings (SSSR count). The average molecular weight is 239 g/mol. The van der Waals surface area contributed by atoms with Gasteiger partial charge in [0.05, 0.1) is 10.6 Å². The summed E-state index contributed by atoms with van der Waals surface area (Å²) < 4.78 is 23.2. The second kappa shape index (κ2) is 3.86. The summed E-state index contributed by atoms with van der Waals surface area (Å²) in [4.78, 5) is 0.409. The van der Waals surface area contributed by atoms with E-state index in [4.69, 9.17) is 5.73 Å². The Morgan fingerprint density at radius 1 is 1.25 bits per heavy atom. The molecule has 1 aromatic rings. The van der Waals surface area contributed by atoms with Gasteiger partial charge in [-0.15, -0.1) is 0 Å². The molecule has 0 radical (unpaired) electrons. The summed E-state index contributed by atoms with van der Waals surface area (Å²) in [6, 6.07) is 7.21. The summed E-state index contributed by atoms with van der Waals surface area (Å²) in [6.07, 6.45) is 2.23. The Hall–Kier alpha value is -0.870. The molecule has 0 aliphatic heterocycles. The van der Waals surface area contributed by atoms with Crippen molar-refractivity contribution in [3.63, 3.8) is 0 Å². The highest BCUT2D eigenvalue weighted by Gasteiger charge is 2.42. The maximum Gasteiger partial charge on any atom is 0.178 e. The molecule has 1 aromatic carbocycles. The molecule has 0 amide bonds. The molecular formula is C12H17NO2S. The van der Waals surface area contributed by atoms with E-state index in [-0.39, 0.29) is 11.2 Å². The van der Waals surface area contributed by atoms with Crippen molar-refractivity contribution in [3.05, 3.63) is 29.8 Å². The van der Waals surface area contributed by atoms with E-state index in [0.29, 0.717) is 11.4 Å². The van der Waals surface area contributed by atoms with E-state index < -0.39 is 9.84 Å². The van der Waals surface area contributed by atoms with E-state index in [1.54, 1.807) is 19.1 Å². The Labute approximate surface area is 96.6 Å². The molecule has 0 bridgehead atoms. The zero-order valence-electron chi connectivity index (χ0n) is 9.44. The van der Waals surface area contributed by atoms with Crippen LogP contribution >= 0.6 is 0 Å². The van der Waals surface area contributed by atoms with E-state index in [0.717, 1.165) is 12.8 Å². The summed E-state index contributed by atoms with van der Waals surface area (Å²) in [6.45, 7) is 2.30. The maximum absolute atomic E-state index is 11.6. The number of benzene rings is 1. The first-order chi connectivity index (χ1) is 7.54. The zero-order chi connectivity index (χ0) is 11.8. The summed E-state index contributed by atoms with van der Waals surface area (Å²) in [5.74, 6) is 0.147. The molecule has 4 heteroatoms. The Kier molecular flexibility index (Phi) is 2.80. The van der Waals surface area contributed by atoms with Gasteiger partial charge in [-0.1, -0.05) is 19.1 Å². The molecule has 1 aliphatic carbocycles. The third-order valence-electron chi connectivity index (χ3n) is 3.45. The normalized spacial score (nSPS) is 18.4. The maximum atomic E-state index is 11.6. The van der Waals surface area contributed by atoms with Crippen LogP contribution < -0.4 is 5.73 Å². The van der Waals surface area contributed by atoms with Crippen LogP contribution in [0, 0.1) is 0 Å². The molecule has 1 fully saturated rings. The standard InChI is InChI=1S/C12H17NO2S/c1-2-16(14,15)11-5-3-10(4-6-11)12(9-13)7-8-12/h3-6H,2,7-9,13H2,1H3. The molecule has 2 N–H and O–H groups in total. The molecule has 0 heterocycles. The molecule has 1 saturated carbocycles. The zero-order valence-corrected chi connectivity index (χ0v) is 10.3. The topological polar surface area (TPSA) is 60.2 Å². The first kappa shape index (κ1) is 11.6. The van der Waals surface area contributed by atoms with Crippen LogP contribution in [-0.2, 0) is 15.3 Å². The number of hydrogen-bond donors (Lipinski definition) is 1. The Bertz CT molecular complexity index is 472. The summed E-state index contributed by atoms with van der Waals surface area (Å²) in [5, 5.41) is 0. The van der Waals surface area contributed by atoms with Crippen LogP contribution in [0.1, 0.15) is 25.3 Å². The van der Waals surface area contributed by atoms with Gasteiger partial charge in [0.15, 0.2) is 9.84 Å². The van der Waals surface area contributed by atoms with E-state index in [2.05, 4.69) is 0 Å². The van der Waals surface area contributed by atoms with Crippen LogP contribution in [0.3, 0.4) is 0 Å². The lowest BCUT2D eigenvalue weighted by molar-refractivity contribution is 0.597. The average Bonchev–Trinajstić information content (AvgIpc) is 3.10. The molecule has 0 atom stereocenters. The van der Waals surface area contributed by atoms with Crippen LogP contribution in [0.25, 0.3) is 0 Å². The Morgan fingerprint density at radius 3 is 2.19 bits per heavy atom. The van der Waals surface area contributed by atoms with Gasteiger partial charge >= 0.3 is 0 Å². The van der Waals surface area contributed by atoms with Crippen molar-refractivity contribution >= 4 is 9.84 Å². The van der Waals surface area contributed by atoms with Crippen LogP contribution in [-0.4, -0.2) is 20.7 Å². The molecule has 16 heavy (non-hydrogen) atoms. The lowest BCUT2D eigenvalue weighted by Gasteiger charge is -2.13. The van der Waals surface area contributed by atoms with Crippen LogP contribution in [0.4, 0.5) is 0 Å². The SMILES string of the molecule is CCS(=O)(=O)c1ccc(C2(CN)CC2)cc1. The highest BCUT2D eigenvalue weighted by molar-refractivity contribution is 7.91. The van der Waals surface area contributed by atoms with Crippen molar-refractivity contribution in [1.82, 2.24) is 0 Å². The quantitative estimate of drug-likeness (QED) is 0.865. The third-order valence-corrected chi connectivity index (χ3v) is 5.20. The van der Waals surface area contributed by atoms with Crippen molar-refractivity contribution in [3.8, 4) is 0 Å². The van der Waals surface area contributed by atoms with Gasteiger partial charge in [0.25, 0.3) is 0 Å². The van der Waals surface area contributed by atoms with Gasteiger partial charge in [0, 0.05) is 12.0 Å². The van der Waals surface area contributed by atoms with Gasteiger partial charge in [-0.2, -0.15) is 0 Å². The van der Waals surface area contributed by atoms with E-state index in [1.807, 2.05) is 12.1 Å². The smallest absolute Gasteiger partial charge is 0.178 e. The van der Waals surface area contributed by atoms with Gasteiger partial charge < -0.3 is 5.73 Å². The lowest BCUT2D eigenvalue weighted by atomic mass is 9.96. The fraction of sp³-hybridized carbons (Fsp3) is 0.500. The predicted molar refractivity (Wildman–Crippen MR) is 64.1 cm³/mol. The first-order valence-electron chi connectivity index (χ1n) is 5.57. The monoisotopic (exact) mass is 239 g/mol. The van der Waals surface area contributed by atoms with E-state index >= 15 is 0 Å². The largest absolute Gasteiger partial charge is 0.330 e. The molecule has 0 saturated heterocycles. The van der Waals surface area contributed by atoms with Crippen molar-refractivity contribution in [2.24, 2.45) is 5.73 Å². The summed E-state index contributed by atoms with van der Waals surface area (Å²) in [7, 11) is -3.08. The highest BCUT2D eigenvalue weighted by Crippen LogP contribution is 2.47. The van der Waals surface area contributed by atoms with E-state index in [1.165, 1.54) is 5.56 Å². The van der Waals surface area contributed by atoms with Gasteiger partial charge in [0.2, 0.25) is 0 Å². The minimum Gasteiger partial charge on any atom is -0.330 e. The number of sulfone groups is 1. The van der Waals surface area contributed by atoms with Crippen LogP contribution in [0.5, 0.6) is 0 Å². The third kappa shape index (κ3) is 1.87. The highest BCUT2D eigenvalue weighted by atomic mass is 32.2. The minimum atomic E-state index is -3.08. The lowest BCUT2D eigenvalue weighted by Crippen LogP contribution is -2.19. The van der Waals surface area contributed by atoms with E-state index in [9.17, 15) is 8.42 Å². The number of hydrogen-bond acceptors (Lipinski definition) is 3. The molecule has 0 aromatic heterocycles. The van der Waals surface area contributed by atoms with Gasteiger partial charge in [-0.25, -0.2) is 8.42 Å². The van der Waals surface area contributed by atoms with Gasteiger partial charge in [-0.05, 0) is 30.5 Å². The summed E-state index contributed by atoms with van der Waals surface area (Å²) in [5.41, 5.74) is 7.04. The number of nitrogens with two attached hydrogens (primary N) is 1. The fourth-order valence-electron chi connectivity index (χ4n) is 1.94. The Balaban J connectivity index is 2.31. The summed E-state index contributed by atoms with van der Waals surface area (Å²) >= 11 is 0. The first-order valence-corrected chi connectivity index (χ1v) is 7.23. The molecule has 0 unspecified atom stereocenters. The molecule has 88 valence electrons. The molecule has 0 spiro atoms. The van der Waals surface area contributed by atoms with Crippen LogP contribution in [0.15, 0.2) is 29.2 Å². The predicted octanol–water partition coefficient (Wildman–Crippen LogP) is 1.47. The Morgan fingerprint density at radius 2 is 1.81 bits per heavy atom. The van der Waals surface area contributed by atoms with Crippen LogP contribution in [0.2, 0.25) is 0 Å².